The van der Waals surface area contributed by atoms with Crippen LogP contribution in [-0.4, -0.2) is 147 Å². The summed E-state index contributed by atoms with van der Waals surface area (Å²) in [6.45, 7) is 4.10. The number of carbonyl (C=O) groups is 11. The molecule has 0 saturated heterocycles. The third-order valence-corrected chi connectivity index (χ3v) is 9.19. The van der Waals surface area contributed by atoms with E-state index >= 15 is 0 Å². The third kappa shape index (κ3) is 20.9. The maximum Gasteiger partial charge on any atom is 0.326 e. The van der Waals surface area contributed by atoms with Crippen LogP contribution in [0.15, 0.2) is 12.5 Å². The van der Waals surface area contributed by atoms with E-state index in [0.29, 0.717) is 18.5 Å². The van der Waals surface area contributed by atoms with Crippen molar-refractivity contribution in [3.63, 3.8) is 0 Å². The number of hydrogen-bond donors (Lipinski definition) is 15. The summed E-state index contributed by atoms with van der Waals surface area (Å²) in [6.07, 6.45) is 0.802. The molecule has 10 amide bonds. The summed E-state index contributed by atoms with van der Waals surface area (Å²) in [4.78, 5) is 147. The van der Waals surface area contributed by atoms with Crippen LogP contribution in [0.5, 0.6) is 0 Å². The Morgan fingerprint density at radius 2 is 1.11 bits per heavy atom. The van der Waals surface area contributed by atoms with E-state index < -0.39 is 146 Å². The van der Waals surface area contributed by atoms with Gasteiger partial charge in [-0.05, 0) is 51.5 Å². The molecule has 0 bridgehead atoms. The van der Waals surface area contributed by atoms with Crippen LogP contribution in [0, 0.1) is 5.92 Å². The van der Waals surface area contributed by atoms with Crippen molar-refractivity contribution in [2.45, 2.75) is 127 Å². The average molecular weight is 911 g/mol. The second-order valence-electron chi connectivity index (χ2n) is 15.3. The molecule has 1 aromatic heterocycles. The number of aliphatic hydroxyl groups is 1. The smallest absolute Gasteiger partial charge is 0.326 e. The van der Waals surface area contributed by atoms with E-state index in [9.17, 15) is 63.0 Å². The number of aliphatic hydroxyl groups excluding tert-OH is 1. The Kier molecular flexibility index (Phi) is 24.2. The summed E-state index contributed by atoms with van der Waals surface area (Å²) < 4.78 is 0. The lowest BCUT2D eigenvalue weighted by Gasteiger charge is -2.27. The first-order chi connectivity index (χ1) is 30.0. The Morgan fingerprint density at radius 3 is 1.61 bits per heavy atom. The van der Waals surface area contributed by atoms with Crippen molar-refractivity contribution in [2.75, 3.05) is 13.2 Å². The van der Waals surface area contributed by atoms with Crippen LogP contribution in [0.3, 0.4) is 0 Å². The summed E-state index contributed by atoms with van der Waals surface area (Å²) >= 11 is 0. The number of carbonyl (C=O) groups excluding carboxylic acids is 10. The number of hydrogen-bond acceptors (Lipinski definition) is 15. The lowest BCUT2D eigenvalue weighted by atomic mass is 10.0. The van der Waals surface area contributed by atoms with Crippen molar-refractivity contribution < 1.29 is 63.0 Å². The fraction of sp³-hybridized carbons (Fsp3) is 0.622. The molecule has 0 spiro atoms. The van der Waals surface area contributed by atoms with E-state index in [0.717, 1.165) is 0 Å². The molecule has 64 heavy (non-hydrogen) atoms. The van der Waals surface area contributed by atoms with Gasteiger partial charge in [-0.2, -0.15) is 0 Å². The van der Waals surface area contributed by atoms with Crippen molar-refractivity contribution in [1.29, 1.82) is 0 Å². The van der Waals surface area contributed by atoms with Gasteiger partial charge in [-0.1, -0.05) is 13.8 Å². The fourth-order valence-corrected chi connectivity index (χ4v) is 5.78. The van der Waals surface area contributed by atoms with E-state index in [4.69, 9.17) is 28.7 Å². The minimum absolute atomic E-state index is 0.0305. The molecule has 0 aliphatic rings. The monoisotopic (exact) mass is 910 g/mol. The van der Waals surface area contributed by atoms with Gasteiger partial charge < -0.3 is 81.1 Å². The topological polar surface area (TPSA) is 471 Å². The van der Waals surface area contributed by atoms with Crippen LogP contribution in [0.2, 0.25) is 0 Å². The molecule has 0 unspecified atom stereocenters. The number of imidazole rings is 1. The average Bonchev–Trinajstić information content (AvgIpc) is 3.72. The lowest BCUT2D eigenvalue weighted by Crippen LogP contribution is -2.60. The number of aliphatic carboxylic acids is 1. The van der Waals surface area contributed by atoms with Crippen LogP contribution < -0.4 is 65.9 Å². The summed E-state index contributed by atoms with van der Waals surface area (Å²) in [5.41, 5.74) is 27.3. The van der Waals surface area contributed by atoms with Gasteiger partial charge in [0.2, 0.25) is 59.1 Å². The number of nitrogens with zero attached hydrogens (tertiary/aromatic N) is 1. The molecular weight excluding hydrogens is 848 g/mol. The molecule has 1 aromatic rings. The summed E-state index contributed by atoms with van der Waals surface area (Å²) in [5.74, 6) is -11.7. The molecule has 0 fully saturated rings. The summed E-state index contributed by atoms with van der Waals surface area (Å²) in [5, 5.41) is 35.3. The van der Waals surface area contributed by atoms with Gasteiger partial charge in [0.15, 0.2) is 0 Å². The first-order valence-corrected chi connectivity index (χ1v) is 20.2. The van der Waals surface area contributed by atoms with Crippen molar-refractivity contribution >= 4 is 65.0 Å². The number of unbranched alkanes of at least 4 members (excludes halogenated alkanes) is 1. The number of rotatable bonds is 31. The Morgan fingerprint density at radius 1 is 0.625 bits per heavy atom. The van der Waals surface area contributed by atoms with Gasteiger partial charge in [0.05, 0.1) is 25.8 Å². The molecular formula is C37H62N14O13. The predicted octanol–water partition coefficient (Wildman–Crippen LogP) is -7.04. The van der Waals surface area contributed by atoms with Crippen LogP contribution in [0.1, 0.15) is 77.8 Å². The molecule has 27 heteroatoms. The fourth-order valence-electron chi connectivity index (χ4n) is 5.78. The largest absolute Gasteiger partial charge is 0.480 e. The van der Waals surface area contributed by atoms with Gasteiger partial charge in [-0.3, -0.25) is 47.9 Å². The SMILES string of the molecule is CC(C)C[C@H](NC(=O)[C@H](C)NC(=O)[C@H](CC(N)=O)NC(=O)[C@H](CCCCN)NC(=O)[C@H](Cc1cnc[nH]1)NC(=O)[C@@H](N)CO)C(=O)N[C@@H](CCC(N)=O)C(=O)N[C@@H](CC(N)=O)C(=O)O. The van der Waals surface area contributed by atoms with Crippen LogP contribution in [-0.2, 0) is 59.2 Å². The van der Waals surface area contributed by atoms with Crippen molar-refractivity contribution in [3.05, 3.63) is 18.2 Å². The highest BCUT2D eigenvalue weighted by atomic mass is 16.4. The van der Waals surface area contributed by atoms with Gasteiger partial charge in [-0.25, -0.2) is 9.78 Å². The van der Waals surface area contributed by atoms with Crippen LogP contribution in [0.25, 0.3) is 0 Å². The number of H-pyrrole nitrogens is 1. The molecule has 1 heterocycles. The number of carboxylic acid groups (broad SMARTS) is 1. The van der Waals surface area contributed by atoms with E-state index in [2.05, 4.69) is 47.2 Å². The highest BCUT2D eigenvalue weighted by Gasteiger charge is 2.34. The third-order valence-electron chi connectivity index (χ3n) is 9.19. The number of primary amides is 3. The normalized spacial score (nSPS) is 14.7. The van der Waals surface area contributed by atoms with Gasteiger partial charge in [0, 0.05) is 24.7 Å². The molecule has 20 N–H and O–H groups in total. The highest BCUT2D eigenvalue weighted by molar-refractivity contribution is 5.99. The maximum absolute atomic E-state index is 13.7. The first kappa shape index (κ1) is 55.3. The van der Waals surface area contributed by atoms with Gasteiger partial charge in [0.1, 0.15) is 48.3 Å². The Hall–Kier alpha value is -6.74. The van der Waals surface area contributed by atoms with Gasteiger partial charge in [-0.15, -0.1) is 0 Å². The minimum Gasteiger partial charge on any atom is -0.480 e. The zero-order valence-electron chi connectivity index (χ0n) is 35.8. The molecule has 0 saturated carbocycles. The number of nitrogens with two attached hydrogens (primary N) is 5. The first-order valence-electron chi connectivity index (χ1n) is 20.2. The van der Waals surface area contributed by atoms with Crippen molar-refractivity contribution in [1.82, 2.24) is 47.2 Å². The quantitative estimate of drug-likeness (QED) is 0.0308. The molecule has 0 aliphatic carbocycles. The van der Waals surface area contributed by atoms with E-state index in [1.165, 1.54) is 19.4 Å². The molecule has 0 radical (unpaired) electrons. The number of aromatic nitrogens is 2. The van der Waals surface area contributed by atoms with E-state index in [1.807, 2.05) is 0 Å². The number of carboxylic acids is 1. The molecule has 0 aromatic carbocycles. The summed E-state index contributed by atoms with van der Waals surface area (Å²) in [6, 6.07) is -12.0. The molecule has 1 rings (SSSR count). The molecule has 8 atom stereocenters. The van der Waals surface area contributed by atoms with Gasteiger partial charge >= 0.3 is 5.97 Å². The Labute approximate surface area is 367 Å². The number of nitrogens with one attached hydrogen (secondary N) is 8. The molecule has 0 aliphatic heterocycles. The number of amides is 10. The number of aromatic amines is 1. The van der Waals surface area contributed by atoms with Crippen molar-refractivity contribution in [2.24, 2.45) is 34.6 Å². The van der Waals surface area contributed by atoms with Gasteiger partial charge in [0.25, 0.3) is 0 Å². The van der Waals surface area contributed by atoms with E-state index in [-0.39, 0.29) is 31.7 Å². The van der Waals surface area contributed by atoms with E-state index in [1.54, 1.807) is 13.8 Å². The summed E-state index contributed by atoms with van der Waals surface area (Å²) in [7, 11) is 0. The Bertz CT molecular complexity index is 1800. The standard InChI is InChI=1S/C37H62N14O13/c1-17(2)10-23(35(61)47-22(7-8-27(40)53)33(59)51-26(37(63)64)13-29(42)55)48-30(56)18(3)45-34(60)25(12-28(41)54)50-32(58)21(6-4-5-9-38)46-36(62)24(11-19-14-43-16-44-19)49-31(57)20(39)15-52/h14,16-18,20-26,52H,4-13,15,38-39H2,1-3H3,(H2,40,53)(H2,41,54)(H2,42,55)(H,43,44)(H,45,60)(H,46,62)(H,47,61)(H,48,56)(H,49,57)(H,50,58)(H,51,59)(H,63,64)/t18-,20-,21-,22-,23-,24-,25-,26-/m0/s1. The van der Waals surface area contributed by atoms with Crippen LogP contribution in [0.4, 0.5) is 0 Å². The highest BCUT2D eigenvalue weighted by Crippen LogP contribution is 2.10. The predicted molar refractivity (Wildman–Crippen MR) is 223 cm³/mol. The Balaban J connectivity index is 3.27. The zero-order valence-corrected chi connectivity index (χ0v) is 35.8. The second-order valence-corrected chi connectivity index (χ2v) is 15.3. The molecule has 358 valence electrons. The van der Waals surface area contributed by atoms with Crippen molar-refractivity contribution in [3.8, 4) is 0 Å². The zero-order chi connectivity index (χ0) is 48.7. The lowest BCUT2D eigenvalue weighted by molar-refractivity contribution is -0.144. The molecule has 27 nitrogen and oxygen atoms in total. The minimum atomic E-state index is -1.78. The van der Waals surface area contributed by atoms with Crippen LogP contribution >= 0.6 is 0 Å². The maximum atomic E-state index is 13.7. The second kappa shape index (κ2) is 28.1.